The molecule has 11 nitrogen and oxygen atoms in total. The minimum atomic E-state index is -1.38. The molecule has 1 saturated heterocycles. The quantitative estimate of drug-likeness (QED) is 0.180. The number of primary amides is 1. The number of thiol groups is 1. The van der Waals surface area contributed by atoms with Gasteiger partial charge in [0.15, 0.2) is 0 Å². The monoisotopic (exact) mass is 431 g/mol. The first-order valence-electron chi connectivity index (χ1n) is 9.33. The van der Waals surface area contributed by atoms with E-state index in [4.69, 9.17) is 5.73 Å². The Morgan fingerprint density at radius 1 is 1.10 bits per heavy atom. The highest BCUT2D eigenvalue weighted by atomic mass is 32.1. The third-order valence-electron chi connectivity index (χ3n) is 4.46. The number of carbonyl (C=O) groups is 5. The molecule has 4 unspecified atom stereocenters. The lowest BCUT2D eigenvalue weighted by molar-refractivity contribution is -0.143. The molecule has 0 aliphatic carbocycles. The first kappa shape index (κ1) is 24.7. The third kappa shape index (κ3) is 7.89. The van der Waals surface area contributed by atoms with Gasteiger partial charge >= 0.3 is 5.97 Å². The molecule has 0 spiro atoms. The van der Waals surface area contributed by atoms with Crippen LogP contribution in [0.15, 0.2) is 0 Å². The van der Waals surface area contributed by atoms with Gasteiger partial charge in [-0.1, -0.05) is 13.8 Å². The van der Waals surface area contributed by atoms with Gasteiger partial charge in [0.05, 0.1) is 12.5 Å². The Morgan fingerprint density at radius 3 is 2.17 bits per heavy atom. The van der Waals surface area contributed by atoms with Crippen LogP contribution in [-0.4, -0.2) is 71.2 Å². The van der Waals surface area contributed by atoms with Crippen molar-refractivity contribution < 1.29 is 29.1 Å². The topological polar surface area (TPSA) is 180 Å². The summed E-state index contributed by atoms with van der Waals surface area (Å²) in [5.41, 5.74) is 5.15. The molecule has 12 heteroatoms. The van der Waals surface area contributed by atoms with E-state index in [0.717, 1.165) is 6.42 Å². The molecular weight excluding hydrogens is 402 g/mol. The molecule has 0 aromatic heterocycles. The maximum atomic E-state index is 12.5. The van der Waals surface area contributed by atoms with E-state index in [0.29, 0.717) is 13.0 Å². The van der Waals surface area contributed by atoms with Crippen molar-refractivity contribution in [1.29, 1.82) is 0 Å². The Kier molecular flexibility index (Phi) is 9.89. The van der Waals surface area contributed by atoms with Crippen molar-refractivity contribution in [2.75, 3.05) is 12.3 Å². The van der Waals surface area contributed by atoms with Crippen LogP contribution in [-0.2, 0) is 24.0 Å². The van der Waals surface area contributed by atoms with Gasteiger partial charge in [-0.05, 0) is 25.3 Å². The summed E-state index contributed by atoms with van der Waals surface area (Å²) in [4.78, 5) is 59.8. The van der Waals surface area contributed by atoms with Crippen molar-refractivity contribution in [2.45, 2.75) is 57.3 Å². The van der Waals surface area contributed by atoms with Gasteiger partial charge in [-0.3, -0.25) is 19.2 Å². The van der Waals surface area contributed by atoms with E-state index >= 15 is 0 Å². The molecule has 0 aromatic rings. The summed E-state index contributed by atoms with van der Waals surface area (Å²) < 4.78 is 0. The Hall–Kier alpha value is -2.34. The smallest absolute Gasteiger partial charge is 0.326 e. The van der Waals surface area contributed by atoms with Crippen LogP contribution in [0.3, 0.4) is 0 Å². The van der Waals surface area contributed by atoms with Gasteiger partial charge in [0, 0.05) is 5.75 Å². The second-order valence-corrected chi connectivity index (χ2v) is 7.56. The summed E-state index contributed by atoms with van der Waals surface area (Å²) >= 11 is 4.06. The molecule has 1 heterocycles. The predicted octanol–water partition coefficient (Wildman–Crippen LogP) is -2.26. The molecule has 164 valence electrons. The van der Waals surface area contributed by atoms with Crippen LogP contribution in [0.2, 0.25) is 0 Å². The van der Waals surface area contributed by atoms with Gasteiger partial charge < -0.3 is 32.1 Å². The van der Waals surface area contributed by atoms with Crippen LogP contribution < -0.4 is 27.0 Å². The Bertz CT molecular complexity index is 638. The zero-order chi connectivity index (χ0) is 22.1. The second kappa shape index (κ2) is 11.6. The molecule has 0 saturated carbocycles. The summed E-state index contributed by atoms with van der Waals surface area (Å²) in [6, 6.07) is -4.04. The summed E-state index contributed by atoms with van der Waals surface area (Å²) in [7, 11) is 0. The van der Waals surface area contributed by atoms with E-state index in [9.17, 15) is 29.1 Å². The lowest BCUT2D eigenvalue weighted by Gasteiger charge is -2.25. The van der Waals surface area contributed by atoms with E-state index in [-0.39, 0.29) is 11.7 Å². The van der Waals surface area contributed by atoms with Gasteiger partial charge in [0.25, 0.3) is 0 Å². The molecule has 1 fully saturated rings. The first-order valence-corrected chi connectivity index (χ1v) is 9.96. The number of rotatable bonds is 11. The molecular formula is C17H29N5O6S. The fourth-order valence-electron chi connectivity index (χ4n) is 2.82. The number of aliphatic carboxylic acids is 1. The fraction of sp³-hybridized carbons (Fsp3) is 0.706. The maximum Gasteiger partial charge on any atom is 0.326 e. The van der Waals surface area contributed by atoms with Gasteiger partial charge in [0.1, 0.15) is 18.1 Å². The van der Waals surface area contributed by atoms with Crippen LogP contribution >= 0.6 is 12.6 Å². The standard InChI is InChI=1S/C17H29N5O6S/c1-8(2)13(17(27)28)22-15(25)10(6-12(18)23)20-16(26)11(7-29)21-14(24)9-4-3-5-19-9/h8-11,13,19,29H,3-7H2,1-2H3,(H2,18,23)(H,20,26)(H,21,24)(H,22,25)(H,27,28). The summed E-state index contributed by atoms with van der Waals surface area (Å²) in [5, 5.41) is 19.4. The molecule has 1 rings (SSSR count). The zero-order valence-electron chi connectivity index (χ0n) is 16.4. The number of nitrogens with one attached hydrogen (secondary N) is 4. The number of carboxylic acids is 1. The van der Waals surface area contributed by atoms with Crippen LogP contribution in [0.1, 0.15) is 33.1 Å². The van der Waals surface area contributed by atoms with E-state index in [1.807, 2.05) is 0 Å². The lowest BCUT2D eigenvalue weighted by atomic mass is 10.0. The molecule has 0 bridgehead atoms. The average molecular weight is 432 g/mol. The lowest BCUT2D eigenvalue weighted by Crippen LogP contribution is -2.58. The van der Waals surface area contributed by atoms with E-state index in [2.05, 4.69) is 33.9 Å². The third-order valence-corrected chi connectivity index (χ3v) is 4.83. The van der Waals surface area contributed by atoms with Crippen molar-refractivity contribution in [3.05, 3.63) is 0 Å². The highest BCUT2D eigenvalue weighted by molar-refractivity contribution is 7.80. The van der Waals surface area contributed by atoms with Crippen LogP contribution in [0, 0.1) is 5.92 Å². The minimum absolute atomic E-state index is 0.0427. The molecule has 0 aromatic carbocycles. The second-order valence-electron chi connectivity index (χ2n) is 7.19. The molecule has 1 aliphatic rings. The number of amides is 4. The number of hydrogen-bond donors (Lipinski definition) is 7. The minimum Gasteiger partial charge on any atom is -0.480 e. The number of carboxylic acid groups (broad SMARTS) is 1. The van der Waals surface area contributed by atoms with Crippen molar-refractivity contribution in [1.82, 2.24) is 21.3 Å². The molecule has 1 aliphatic heterocycles. The summed E-state index contributed by atoms with van der Waals surface area (Å²) in [6.45, 7) is 3.91. The Balaban J connectivity index is 2.81. The van der Waals surface area contributed by atoms with Gasteiger partial charge in [-0.2, -0.15) is 12.6 Å². The van der Waals surface area contributed by atoms with Crippen molar-refractivity contribution in [2.24, 2.45) is 11.7 Å². The molecule has 4 amide bonds. The first-order chi connectivity index (χ1) is 13.6. The highest BCUT2D eigenvalue weighted by Crippen LogP contribution is 2.06. The highest BCUT2D eigenvalue weighted by Gasteiger charge is 2.32. The SMILES string of the molecule is CC(C)C(NC(=O)C(CC(N)=O)NC(=O)C(CS)NC(=O)C1CCCN1)C(=O)O. The zero-order valence-corrected chi connectivity index (χ0v) is 17.3. The summed E-state index contributed by atoms with van der Waals surface area (Å²) in [5.74, 6) is -4.53. The Labute approximate surface area is 174 Å². The largest absolute Gasteiger partial charge is 0.480 e. The fourth-order valence-corrected chi connectivity index (χ4v) is 3.08. The van der Waals surface area contributed by atoms with Gasteiger partial charge in [0.2, 0.25) is 23.6 Å². The van der Waals surface area contributed by atoms with E-state index in [1.165, 1.54) is 0 Å². The number of carbonyl (C=O) groups excluding carboxylic acids is 4. The Morgan fingerprint density at radius 2 is 1.72 bits per heavy atom. The van der Waals surface area contributed by atoms with Crippen LogP contribution in [0.4, 0.5) is 0 Å². The van der Waals surface area contributed by atoms with Crippen molar-refractivity contribution in [3.63, 3.8) is 0 Å². The van der Waals surface area contributed by atoms with E-state index in [1.54, 1.807) is 13.8 Å². The van der Waals surface area contributed by atoms with Crippen molar-refractivity contribution in [3.8, 4) is 0 Å². The maximum absolute atomic E-state index is 12.5. The van der Waals surface area contributed by atoms with Crippen LogP contribution in [0.25, 0.3) is 0 Å². The molecule has 0 radical (unpaired) electrons. The molecule has 29 heavy (non-hydrogen) atoms. The van der Waals surface area contributed by atoms with Crippen molar-refractivity contribution >= 4 is 42.2 Å². The molecule has 4 atom stereocenters. The van der Waals surface area contributed by atoms with Gasteiger partial charge in [-0.15, -0.1) is 0 Å². The van der Waals surface area contributed by atoms with Crippen LogP contribution in [0.5, 0.6) is 0 Å². The predicted molar refractivity (Wildman–Crippen MR) is 107 cm³/mol. The number of nitrogens with two attached hydrogens (primary N) is 1. The molecule has 7 N–H and O–H groups in total. The average Bonchev–Trinajstić information content (AvgIpc) is 3.16. The number of hydrogen-bond acceptors (Lipinski definition) is 7. The van der Waals surface area contributed by atoms with Gasteiger partial charge in [-0.25, -0.2) is 4.79 Å². The summed E-state index contributed by atoms with van der Waals surface area (Å²) in [6.07, 6.45) is 0.960. The van der Waals surface area contributed by atoms with E-state index < -0.39 is 60.2 Å². The normalized spacial score (nSPS) is 19.1.